The molecule has 1 aromatic heterocycles. The first-order valence-electron chi connectivity index (χ1n) is 5.75. The summed E-state index contributed by atoms with van der Waals surface area (Å²) < 4.78 is 1.23. The zero-order valence-electron chi connectivity index (χ0n) is 9.13. The van der Waals surface area contributed by atoms with Gasteiger partial charge in [0, 0.05) is 17.5 Å². The van der Waals surface area contributed by atoms with E-state index in [-0.39, 0.29) is 0 Å². The summed E-state index contributed by atoms with van der Waals surface area (Å²) in [5.41, 5.74) is 0. The molecule has 1 aliphatic carbocycles. The largest absolute Gasteiger partial charge is 0.309 e. The molecule has 1 nitrogen and oxygen atoms in total. The molecule has 0 aliphatic heterocycles. The molecule has 0 spiro atoms. The topological polar surface area (TPSA) is 12.0 Å². The van der Waals surface area contributed by atoms with Gasteiger partial charge < -0.3 is 5.32 Å². The summed E-state index contributed by atoms with van der Waals surface area (Å²) >= 11 is 5.33. The van der Waals surface area contributed by atoms with Crippen molar-refractivity contribution in [2.75, 3.05) is 0 Å². The van der Waals surface area contributed by atoms with Gasteiger partial charge in [0.1, 0.15) is 0 Å². The molecule has 0 amide bonds. The van der Waals surface area contributed by atoms with E-state index in [2.05, 4.69) is 40.3 Å². The molecule has 3 heteroatoms. The van der Waals surface area contributed by atoms with Gasteiger partial charge in [-0.05, 0) is 46.8 Å². The second-order valence-corrected chi connectivity index (χ2v) is 6.92. The van der Waals surface area contributed by atoms with Crippen LogP contribution in [-0.4, -0.2) is 6.04 Å². The van der Waals surface area contributed by atoms with Gasteiger partial charge in [-0.1, -0.05) is 19.8 Å². The molecular weight excluding hydrogens is 270 g/mol. The van der Waals surface area contributed by atoms with Crippen molar-refractivity contribution in [1.82, 2.24) is 5.32 Å². The van der Waals surface area contributed by atoms with E-state index in [0.717, 1.165) is 18.5 Å². The minimum Gasteiger partial charge on any atom is -0.309 e. The monoisotopic (exact) mass is 287 g/mol. The third-order valence-electron chi connectivity index (χ3n) is 3.00. The fourth-order valence-corrected chi connectivity index (χ4v) is 3.28. The highest BCUT2D eigenvalue weighted by atomic mass is 79.9. The standard InChI is InChI=1S/C12H18BrNS/c1-2-10(7-9-3-4-9)14-8-11-5-6-12(13)15-11/h5-6,9-10,14H,2-4,7-8H2,1H3. The van der Waals surface area contributed by atoms with Gasteiger partial charge in [0.15, 0.2) is 0 Å². The van der Waals surface area contributed by atoms with Crippen LogP contribution in [0.5, 0.6) is 0 Å². The van der Waals surface area contributed by atoms with Crippen LogP contribution >= 0.6 is 27.3 Å². The highest BCUT2D eigenvalue weighted by Crippen LogP contribution is 2.34. The molecule has 1 heterocycles. The lowest BCUT2D eigenvalue weighted by molar-refractivity contribution is 0.446. The second kappa shape index (κ2) is 5.46. The van der Waals surface area contributed by atoms with Gasteiger partial charge in [-0.25, -0.2) is 0 Å². The molecule has 1 aromatic rings. The van der Waals surface area contributed by atoms with Crippen LogP contribution in [0.2, 0.25) is 0 Å². The minimum absolute atomic E-state index is 0.721. The molecule has 1 unspecified atom stereocenters. The predicted octanol–water partition coefficient (Wildman–Crippen LogP) is 4.18. The zero-order valence-corrected chi connectivity index (χ0v) is 11.5. The van der Waals surface area contributed by atoms with Gasteiger partial charge in [0.05, 0.1) is 3.79 Å². The van der Waals surface area contributed by atoms with Crippen LogP contribution in [0, 0.1) is 5.92 Å². The average Bonchev–Trinajstić information content (AvgIpc) is 2.95. The Morgan fingerprint density at radius 1 is 1.53 bits per heavy atom. The number of thiophene rings is 1. The lowest BCUT2D eigenvalue weighted by Crippen LogP contribution is -2.28. The van der Waals surface area contributed by atoms with Crippen molar-refractivity contribution >= 4 is 27.3 Å². The Morgan fingerprint density at radius 2 is 2.33 bits per heavy atom. The van der Waals surface area contributed by atoms with E-state index < -0.39 is 0 Å². The lowest BCUT2D eigenvalue weighted by Gasteiger charge is -2.15. The molecule has 84 valence electrons. The summed E-state index contributed by atoms with van der Waals surface area (Å²) in [6, 6.07) is 5.05. The minimum atomic E-state index is 0.721. The number of halogens is 1. The Labute approximate surface area is 104 Å². The first-order valence-corrected chi connectivity index (χ1v) is 7.36. The van der Waals surface area contributed by atoms with Crippen molar-refractivity contribution in [3.63, 3.8) is 0 Å². The molecule has 1 N–H and O–H groups in total. The van der Waals surface area contributed by atoms with Crippen molar-refractivity contribution in [3.05, 3.63) is 20.8 Å². The van der Waals surface area contributed by atoms with Gasteiger partial charge in [0.25, 0.3) is 0 Å². The highest BCUT2D eigenvalue weighted by molar-refractivity contribution is 9.11. The van der Waals surface area contributed by atoms with Crippen LogP contribution in [0.1, 0.15) is 37.5 Å². The van der Waals surface area contributed by atoms with Gasteiger partial charge in [0.2, 0.25) is 0 Å². The van der Waals surface area contributed by atoms with Crippen LogP contribution in [0.3, 0.4) is 0 Å². The fraction of sp³-hybridized carbons (Fsp3) is 0.667. The zero-order chi connectivity index (χ0) is 10.7. The molecule has 0 bridgehead atoms. The maximum atomic E-state index is 3.66. The SMILES string of the molecule is CCC(CC1CC1)NCc1ccc(Br)s1. The van der Waals surface area contributed by atoms with E-state index in [1.165, 1.54) is 34.3 Å². The fourth-order valence-electron chi connectivity index (χ4n) is 1.84. The molecule has 0 saturated heterocycles. The van der Waals surface area contributed by atoms with E-state index in [0.29, 0.717) is 0 Å². The summed E-state index contributed by atoms with van der Waals surface area (Å²) in [6.45, 7) is 3.31. The Balaban J connectivity index is 1.74. The van der Waals surface area contributed by atoms with E-state index in [9.17, 15) is 0 Å². The van der Waals surface area contributed by atoms with Gasteiger partial charge in [-0.2, -0.15) is 0 Å². The maximum Gasteiger partial charge on any atom is 0.0701 e. The Bertz CT molecular complexity index is 306. The molecule has 1 aliphatic rings. The number of hydrogen-bond donors (Lipinski definition) is 1. The quantitative estimate of drug-likeness (QED) is 0.828. The molecule has 2 rings (SSSR count). The van der Waals surface area contributed by atoms with E-state index in [1.54, 1.807) is 0 Å². The Morgan fingerprint density at radius 3 is 2.87 bits per heavy atom. The number of hydrogen-bond acceptors (Lipinski definition) is 2. The molecule has 15 heavy (non-hydrogen) atoms. The van der Waals surface area contributed by atoms with Crippen LogP contribution in [-0.2, 0) is 6.54 Å². The Kier molecular flexibility index (Phi) is 4.23. The van der Waals surface area contributed by atoms with Gasteiger partial charge in [-0.15, -0.1) is 11.3 Å². The van der Waals surface area contributed by atoms with Crippen molar-refractivity contribution in [1.29, 1.82) is 0 Å². The third-order valence-corrected chi connectivity index (χ3v) is 4.63. The Hall–Kier alpha value is 0.140. The number of rotatable bonds is 6. The first kappa shape index (κ1) is 11.6. The van der Waals surface area contributed by atoms with Gasteiger partial charge >= 0.3 is 0 Å². The van der Waals surface area contributed by atoms with Crippen LogP contribution in [0.4, 0.5) is 0 Å². The average molecular weight is 288 g/mol. The molecule has 0 aromatic carbocycles. The summed E-state index contributed by atoms with van der Waals surface area (Å²) in [5, 5.41) is 3.66. The number of nitrogens with one attached hydrogen (secondary N) is 1. The van der Waals surface area contributed by atoms with Crippen molar-refractivity contribution in [2.45, 2.75) is 45.2 Å². The van der Waals surface area contributed by atoms with Gasteiger partial charge in [-0.3, -0.25) is 0 Å². The third kappa shape index (κ3) is 3.89. The normalized spacial score (nSPS) is 18.0. The summed E-state index contributed by atoms with van der Waals surface area (Å²) in [7, 11) is 0. The molecule has 1 fully saturated rings. The predicted molar refractivity (Wildman–Crippen MR) is 70.3 cm³/mol. The molecular formula is C12H18BrNS. The second-order valence-electron chi connectivity index (χ2n) is 4.37. The van der Waals surface area contributed by atoms with Crippen LogP contribution in [0.25, 0.3) is 0 Å². The molecule has 1 saturated carbocycles. The van der Waals surface area contributed by atoms with Crippen molar-refractivity contribution < 1.29 is 0 Å². The summed E-state index contributed by atoms with van der Waals surface area (Å²) in [4.78, 5) is 1.43. The maximum absolute atomic E-state index is 3.66. The van der Waals surface area contributed by atoms with Crippen LogP contribution < -0.4 is 5.32 Å². The van der Waals surface area contributed by atoms with Crippen molar-refractivity contribution in [2.24, 2.45) is 5.92 Å². The van der Waals surface area contributed by atoms with E-state index >= 15 is 0 Å². The van der Waals surface area contributed by atoms with E-state index in [4.69, 9.17) is 0 Å². The lowest BCUT2D eigenvalue weighted by atomic mass is 10.1. The summed E-state index contributed by atoms with van der Waals surface area (Å²) in [6.07, 6.45) is 5.55. The first-order chi connectivity index (χ1) is 7.28. The van der Waals surface area contributed by atoms with Crippen molar-refractivity contribution in [3.8, 4) is 0 Å². The van der Waals surface area contributed by atoms with Crippen LogP contribution in [0.15, 0.2) is 15.9 Å². The highest BCUT2D eigenvalue weighted by Gasteiger charge is 2.24. The smallest absolute Gasteiger partial charge is 0.0701 e. The molecule has 1 atom stereocenters. The molecule has 0 radical (unpaired) electrons. The summed E-state index contributed by atoms with van der Waals surface area (Å²) in [5.74, 6) is 1.03. The van der Waals surface area contributed by atoms with E-state index in [1.807, 2.05) is 11.3 Å².